The van der Waals surface area contributed by atoms with Crippen molar-refractivity contribution < 1.29 is 0 Å². The van der Waals surface area contributed by atoms with Gasteiger partial charge in [0, 0.05) is 0 Å². The molecule has 2 aromatic rings. The van der Waals surface area contributed by atoms with E-state index in [4.69, 9.17) is 5.73 Å². The number of benzene rings is 2. The standard InChI is InChI=1S/C19H23N/c1-2-14-10-12-16(13-11-14)19(20)18-9-4-3-8-17(18)15-6-5-7-15/h3-4,8-13,15,19H,2,5-7,20H2,1H3. The van der Waals surface area contributed by atoms with Gasteiger partial charge in [0.15, 0.2) is 0 Å². The average Bonchev–Trinajstić information content (AvgIpc) is 2.45. The van der Waals surface area contributed by atoms with Gasteiger partial charge in [0.25, 0.3) is 0 Å². The van der Waals surface area contributed by atoms with Crippen LogP contribution in [0.15, 0.2) is 48.5 Å². The number of hydrogen-bond donors (Lipinski definition) is 1. The maximum atomic E-state index is 6.53. The van der Waals surface area contributed by atoms with E-state index >= 15 is 0 Å². The van der Waals surface area contributed by atoms with Gasteiger partial charge in [0.1, 0.15) is 0 Å². The van der Waals surface area contributed by atoms with Crippen molar-refractivity contribution in [2.75, 3.05) is 0 Å². The van der Waals surface area contributed by atoms with E-state index < -0.39 is 0 Å². The Morgan fingerprint density at radius 1 is 1.05 bits per heavy atom. The first kappa shape index (κ1) is 13.4. The zero-order valence-corrected chi connectivity index (χ0v) is 12.2. The molecule has 0 spiro atoms. The van der Waals surface area contributed by atoms with Gasteiger partial charge in [-0.25, -0.2) is 0 Å². The number of hydrogen-bond acceptors (Lipinski definition) is 1. The van der Waals surface area contributed by atoms with E-state index in [0.717, 1.165) is 12.3 Å². The molecule has 20 heavy (non-hydrogen) atoms. The van der Waals surface area contributed by atoms with E-state index in [-0.39, 0.29) is 6.04 Å². The van der Waals surface area contributed by atoms with Gasteiger partial charge < -0.3 is 5.73 Å². The highest BCUT2D eigenvalue weighted by Crippen LogP contribution is 2.40. The first-order chi connectivity index (χ1) is 9.79. The Hall–Kier alpha value is -1.60. The van der Waals surface area contributed by atoms with Crippen LogP contribution in [0.5, 0.6) is 0 Å². The largest absolute Gasteiger partial charge is 0.320 e. The Morgan fingerprint density at radius 2 is 1.75 bits per heavy atom. The lowest BCUT2D eigenvalue weighted by Gasteiger charge is -2.29. The summed E-state index contributed by atoms with van der Waals surface area (Å²) in [7, 11) is 0. The highest BCUT2D eigenvalue weighted by atomic mass is 14.6. The van der Waals surface area contributed by atoms with Gasteiger partial charge in [0.05, 0.1) is 6.04 Å². The van der Waals surface area contributed by atoms with E-state index in [1.807, 2.05) is 0 Å². The summed E-state index contributed by atoms with van der Waals surface area (Å²) in [4.78, 5) is 0. The third kappa shape index (κ3) is 2.51. The van der Waals surface area contributed by atoms with Crippen molar-refractivity contribution in [1.29, 1.82) is 0 Å². The molecule has 0 heterocycles. The fourth-order valence-corrected chi connectivity index (χ4v) is 3.03. The Morgan fingerprint density at radius 3 is 2.35 bits per heavy atom. The predicted octanol–water partition coefficient (Wildman–Crippen LogP) is 4.56. The van der Waals surface area contributed by atoms with Crippen molar-refractivity contribution in [2.24, 2.45) is 5.73 Å². The van der Waals surface area contributed by atoms with E-state index in [0.29, 0.717) is 0 Å². The molecule has 0 aliphatic heterocycles. The van der Waals surface area contributed by atoms with E-state index in [1.54, 1.807) is 0 Å². The number of rotatable bonds is 4. The molecule has 1 aliphatic rings. The van der Waals surface area contributed by atoms with Crippen LogP contribution in [0, 0.1) is 0 Å². The normalized spacial score (nSPS) is 16.7. The topological polar surface area (TPSA) is 26.0 Å². The van der Waals surface area contributed by atoms with E-state index in [1.165, 1.54) is 41.5 Å². The van der Waals surface area contributed by atoms with E-state index in [2.05, 4.69) is 55.5 Å². The first-order valence-corrected chi connectivity index (χ1v) is 7.73. The highest BCUT2D eigenvalue weighted by molar-refractivity contribution is 5.40. The Bertz CT molecular complexity index is 567. The fourth-order valence-electron chi connectivity index (χ4n) is 3.03. The van der Waals surface area contributed by atoms with Crippen LogP contribution in [-0.2, 0) is 6.42 Å². The van der Waals surface area contributed by atoms with Gasteiger partial charge in [-0.05, 0) is 47.4 Å². The Balaban J connectivity index is 1.90. The lowest BCUT2D eigenvalue weighted by molar-refractivity contribution is 0.416. The lowest BCUT2D eigenvalue weighted by Crippen LogP contribution is -2.18. The molecule has 1 heteroatoms. The summed E-state index contributed by atoms with van der Waals surface area (Å²) in [5.41, 5.74) is 11.9. The van der Waals surface area contributed by atoms with Crippen LogP contribution in [0.4, 0.5) is 0 Å². The SMILES string of the molecule is CCc1ccc(C(N)c2ccccc2C2CCC2)cc1. The molecule has 1 fully saturated rings. The second kappa shape index (κ2) is 5.80. The van der Waals surface area contributed by atoms with Crippen molar-refractivity contribution >= 4 is 0 Å². The van der Waals surface area contributed by atoms with Crippen molar-refractivity contribution in [3.05, 3.63) is 70.8 Å². The van der Waals surface area contributed by atoms with Crippen LogP contribution in [0.25, 0.3) is 0 Å². The summed E-state index contributed by atoms with van der Waals surface area (Å²) in [6, 6.07) is 17.5. The van der Waals surface area contributed by atoms with Crippen molar-refractivity contribution in [2.45, 2.75) is 44.6 Å². The molecule has 2 aromatic carbocycles. The van der Waals surface area contributed by atoms with Gasteiger partial charge in [-0.15, -0.1) is 0 Å². The maximum absolute atomic E-state index is 6.53. The van der Waals surface area contributed by atoms with Crippen LogP contribution < -0.4 is 5.73 Å². The molecule has 2 N–H and O–H groups in total. The molecule has 1 unspecified atom stereocenters. The number of aryl methyl sites for hydroxylation is 1. The summed E-state index contributed by atoms with van der Waals surface area (Å²) < 4.78 is 0. The maximum Gasteiger partial charge on any atom is 0.0554 e. The van der Waals surface area contributed by atoms with Gasteiger partial charge in [-0.3, -0.25) is 0 Å². The smallest absolute Gasteiger partial charge is 0.0554 e. The summed E-state index contributed by atoms with van der Waals surface area (Å²) >= 11 is 0. The van der Waals surface area contributed by atoms with Crippen LogP contribution in [0.2, 0.25) is 0 Å². The monoisotopic (exact) mass is 265 g/mol. The Kier molecular flexibility index (Phi) is 3.88. The molecule has 104 valence electrons. The molecule has 0 amide bonds. The molecule has 1 nitrogen and oxygen atoms in total. The van der Waals surface area contributed by atoms with Crippen molar-refractivity contribution in [3.63, 3.8) is 0 Å². The summed E-state index contributed by atoms with van der Waals surface area (Å²) in [6.07, 6.45) is 5.07. The van der Waals surface area contributed by atoms with Gasteiger partial charge in [0.2, 0.25) is 0 Å². The third-order valence-electron chi connectivity index (χ3n) is 4.62. The Labute approximate surface area is 121 Å². The highest BCUT2D eigenvalue weighted by Gasteiger charge is 2.24. The minimum absolute atomic E-state index is 0.00212. The average molecular weight is 265 g/mol. The summed E-state index contributed by atoms with van der Waals surface area (Å²) in [5, 5.41) is 0. The lowest BCUT2D eigenvalue weighted by atomic mass is 9.76. The molecule has 0 radical (unpaired) electrons. The molecule has 1 atom stereocenters. The van der Waals surface area contributed by atoms with Crippen molar-refractivity contribution in [3.8, 4) is 0 Å². The number of nitrogens with two attached hydrogens (primary N) is 1. The summed E-state index contributed by atoms with van der Waals surface area (Å²) in [5.74, 6) is 0.729. The molecule has 0 bridgehead atoms. The molecular formula is C19H23N. The quantitative estimate of drug-likeness (QED) is 0.861. The van der Waals surface area contributed by atoms with Gasteiger partial charge in [-0.2, -0.15) is 0 Å². The molecule has 1 saturated carbocycles. The zero-order chi connectivity index (χ0) is 13.9. The molecule has 0 saturated heterocycles. The van der Waals surface area contributed by atoms with Crippen molar-refractivity contribution in [1.82, 2.24) is 0 Å². The first-order valence-electron chi connectivity index (χ1n) is 7.73. The van der Waals surface area contributed by atoms with E-state index in [9.17, 15) is 0 Å². The zero-order valence-electron chi connectivity index (χ0n) is 12.2. The summed E-state index contributed by atoms with van der Waals surface area (Å²) in [6.45, 7) is 2.18. The van der Waals surface area contributed by atoms with Crippen LogP contribution in [0.3, 0.4) is 0 Å². The van der Waals surface area contributed by atoms with Crippen LogP contribution in [0.1, 0.15) is 60.4 Å². The fraction of sp³-hybridized carbons (Fsp3) is 0.368. The molecule has 3 rings (SSSR count). The minimum Gasteiger partial charge on any atom is -0.320 e. The molecule has 1 aliphatic carbocycles. The predicted molar refractivity (Wildman–Crippen MR) is 84.9 cm³/mol. The van der Waals surface area contributed by atoms with Gasteiger partial charge >= 0.3 is 0 Å². The van der Waals surface area contributed by atoms with Crippen LogP contribution >= 0.6 is 0 Å². The second-order valence-corrected chi connectivity index (χ2v) is 5.83. The second-order valence-electron chi connectivity index (χ2n) is 5.83. The molecular weight excluding hydrogens is 242 g/mol. The molecule has 0 aromatic heterocycles. The van der Waals surface area contributed by atoms with Crippen LogP contribution in [-0.4, -0.2) is 0 Å². The minimum atomic E-state index is -0.00212. The van der Waals surface area contributed by atoms with Gasteiger partial charge in [-0.1, -0.05) is 61.9 Å². The third-order valence-corrected chi connectivity index (χ3v) is 4.62.